The smallest absolute Gasteiger partial charge is 0.251 e. The van der Waals surface area contributed by atoms with Crippen molar-refractivity contribution in [2.45, 2.75) is 38.5 Å². The molecule has 32 heavy (non-hydrogen) atoms. The fourth-order valence-electron chi connectivity index (χ4n) is 3.04. The van der Waals surface area contributed by atoms with Crippen molar-refractivity contribution in [3.05, 3.63) is 83.7 Å². The lowest BCUT2D eigenvalue weighted by molar-refractivity contribution is -0.113. The van der Waals surface area contributed by atoms with Gasteiger partial charge in [-0.1, -0.05) is 53.2 Å². The Bertz CT molecular complexity index is 1090. The van der Waals surface area contributed by atoms with Crippen LogP contribution < -0.4 is 10.6 Å². The van der Waals surface area contributed by atoms with Gasteiger partial charge in [-0.3, -0.25) is 9.59 Å². The van der Waals surface area contributed by atoms with Crippen molar-refractivity contribution in [1.82, 2.24) is 20.1 Å². The number of rotatable bonds is 9. The van der Waals surface area contributed by atoms with E-state index in [0.29, 0.717) is 23.1 Å². The first kappa shape index (κ1) is 23.3. The quantitative estimate of drug-likeness (QED) is 0.376. The zero-order valence-corrected chi connectivity index (χ0v) is 19.3. The highest BCUT2D eigenvalue weighted by Gasteiger charge is 2.20. The second-order valence-corrected chi connectivity index (χ2v) is 8.45. The van der Waals surface area contributed by atoms with E-state index in [1.54, 1.807) is 18.2 Å². The summed E-state index contributed by atoms with van der Waals surface area (Å²) in [4.78, 5) is 24.9. The molecular formula is C24H27N5O2S. The summed E-state index contributed by atoms with van der Waals surface area (Å²) in [5.41, 5.74) is 3.56. The van der Waals surface area contributed by atoms with Gasteiger partial charge in [0.05, 0.1) is 11.8 Å². The molecule has 1 atom stereocenters. The minimum Gasteiger partial charge on any atom is -0.342 e. The molecule has 1 heterocycles. The maximum atomic E-state index is 12.6. The second-order valence-electron chi connectivity index (χ2n) is 7.50. The van der Waals surface area contributed by atoms with Crippen LogP contribution in [0.2, 0.25) is 0 Å². The summed E-state index contributed by atoms with van der Waals surface area (Å²) in [6, 6.07) is 14.6. The Morgan fingerprint density at radius 2 is 1.69 bits per heavy atom. The minimum absolute atomic E-state index is 0.130. The molecule has 0 spiro atoms. The average Bonchev–Trinajstić information content (AvgIpc) is 3.17. The summed E-state index contributed by atoms with van der Waals surface area (Å²) in [5.74, 6) is 0.478. The van der Waals surface area contributed by atoms with Gasteiger partial charge < -0.3 is 15.2 Å². The summed E-state index contributed by atoms with van der Waals surface area (Å²) in [5, 5.41) is 14.9. The number of nitrogens with zero attached hydrogens (tertiary/aromatic N) is 3. The molecule has 0 unspecified atom stereocenters. The Kier molecular flexibility index (Phi) is 7.83. The molecule has 0 saturated carbocycles. The second kappa shape index (κ2) is 10.8. The largest absolute Gasteiger partial charge is 0.342 e. The molecule has 0 radical (unpaired) electrons. The molecule has 0 saturated heterocycles. The number of carbonyl (C=O) groups is 2. The van der Waals surface area contributed by atoms with Crippen LogP contribution in [0.5, 0.6) is 0 Å². The number of benzene rings is 2. The topological polar surface area (TPSA) is 88.9 Å². The van der Waals surface area contributed by atoms with E-state index in [0.717, 1.165) is 16.8 Å². The van der Waals surface area contributed by atoms with E-state index in [2.05, 4.69) is 27.4 Å². The fraction of sp³-hybridized carbons (Fsp3) is 0.250. The van der Waals surface area contributed by atoms with Gasteiger partial charge in [-0.05, 0) is 45.0 Å². The van der Waals surface area contributed by atoms with E-state index in [1.165, 1.54) is 11.8 Å². The van der Waals surface area contributed by atoms with Crippen molar-refractivity contribution >= 4 is 29.3 Å². The zero-order valence-electron chi connectivity index (χ0n) is 18.5. The molecule has 2 amide bonds. The van der Waals surface area contributed by atoms with E-state index in [-0.39, 0.29) is 23.6 Å². The molecule has 0 fully saturated rings. The molecule has 166 valence electrons. The van der Waals surface area contributed by atoms with Gasteiger partial charge in [0.2, 0.25) is 5.91 Å². The van der Waals surface area contributed by atoms with E-state index >= 15 is 0 Å². The Morgan fingerprint density at radius 1 is 1.06 bits per heavy atom. The van der Waals surface area contributed by atoms with E-state index in [1.807, 2.05) is 61.7 Å². The third kappa shape index (κ3) is 6.07. The van der Waals surface area contributed by atoms with Crippen LogP contribution in [0.15, 0.2) is 66.3 Å². The number of anilines is 1. The van der Waals surface area contributed by atoms with Crippen LogP contribution in [0.25, 0.3) is 0 Å². The number of hydrogen-bond acceptors (Lipinski definition) is 5. The van der Waals surface area contributed by atoms with Crippen molar-refractivity contribution in [2.75, 3.05) is 11.1 Å². The van der Waals surface area contributed by atoms with Crippen molar-refractivity contribution in [3.63, 3.8) is 0 Å². The lowest BCUT2D eigenvalue weighted by Gasteiger charge is -2.15. The van der Waals surface area contributed by atoms with Gasteiger partial charge in [-0.25, -0.2) is 0 Å². The molecule has 0 aliphatic rings. The highest BCUT2D eigenvalue weighted by Crippen LogP contribution is 2.21. The van der Waals surface area contributed by atoms with Gasteiger partial charge in [0.25, 0.3) is 5.91 Å². The molecule has 3 rings (SSSR count). The summed E-state index contributed by atoms with van der Waals surface area (Å²) >= 11 is 1.29. The number of carbonyl (C=O) groups excluding carboxylic acids is 2. The van der Waals surface area contributed by atoms with Gasteiger partial charge in [-0.15, -0.1) is 16.8 Å². The first-order valence-corrected chi connectivity index (χ1v) is 11.3. The van der Waals surface area contributed by atoms with E-state index in [9.17, 15) is 9.59 Å². The molecule has 0 aliphatic carbocycles. The van der Waals surface area contributed by atoms with Crippen LogP contribution >= 0.6 is 11.8 Å². The van der Waals surface area contributed by atoms with Crippen molar-refractivity contribution in [3.8, 4) is 0 Å². The van der Waals surface area contributed by atoms with Gasteiger partial charge in [0.15, 0.2) is 11.0 Å². The lowest BCUT2D eigenvalue weighted by Crippen LogP contribution is -2.28. The number of nitrogens with one attached hydrogen (secondary N) is 2. The number of allylic oxidation sites excluding steroid dienone is 1. The number of amides is 2. The summed E-state index contributed by atoms with van der Waals surface area (Å²) < 4.78 is 1.86. The highest BCUT2D eigenvalue weighted by molar-refractivity contribution is 7.99. The predicted octanol–water partition coefficient (Wildman–Crippen LogP) is 4.30. The first-order valence-electron chi connectivity index (χ1n) is 10.3. The van der Waals surface area contributed by atoms with Crippen LogP contribution in [0.4, 0.5) is 5.69 Å². The van der Waals surface area contributed by atoms with Crippen LogP contribution in [-0.2, 0) is 11.3 Å². The van der Waals surface area contributed by atoms with Crippen LogP contribution in [0, 0.1) is 13.8 Å². The van der Waals surface area contributed by atoms with Gasteiger partial charge in [-0.2, -0.15) is 0 Å². The summed E-state index contributed by atoms with van der Waals surface area (Å²) in [6.07, 6.45) is 1.73. The third-order valence-corrected chi connectivity index (χ3v) is 5.74. The summed E-state index contributed by atoms with van der Waals surface area (Å²) in [7, 11) is 0. The number of hydrogen-bond donors (Lipinski definition) is 2. The van der Waals surface area contributed by atoms with Gasteiger partial charge >= 0.3 is 0 Å². The maximum absolute atomic E-state index is 12.6. The van der Waals surface area contributed by atoms with Crippen LogP contribution in [-0.4, -0.2) is 32.3 Å². The first-order chi connectivity index (χ1) is 15.4. The molecule has 0 bridgehead atoms. The normalized spacial score (nSPS) is 11.6. The van der Waals surface area contributed by atoms with Crippen molar-refractivity contribution < 1.29 is 9.59 Å². The number of thioether (sulfide) groups is 1. The molecule has 8 heteroatoms. The fourth-order valence-corrected chi connectivity index (χ4v) is 3.80. The maximum Gasteiger partial charge on any atom is 0.251 e. The Balaban J connectivity index is 1.65. The van der Waals surface area contributed by atoms with E-state index < -0.39 is 0 Å². The molecular weight excluding hydrogens is 422 g/mol. The van der Waals surface area contributed by atoms with Crippen molar-refractivity contribution in [1.29, 1.82) is 0 Å². The van der Waals surface area contributed by atoms with Crippen molar-refractivity contribution in [2.24, 2.45) is 0 Å². The number of aryl methyl sites for hydroxylation is 2. The Morgan fingerprint density at radius 3 is 2.31 bits per heavy atom. The average molecular weight is 450 g/mol. The molecule has 1 aromatic heterocycles. The SMILES string of the molecule is C=CCn1c(SCC(=O)Nc2ccc(C)cc2)nnc1[C@H](C)NC(=O)c1ccc(C)cc1. The monoisotopic (exact) mass is 449 g/mol. The Hall–Kier alpha value is -3.39. The number of aromatic nitrogens is 3. The standard InChI is InChI=1S/C24H27N5O2S/c1-5-14-29-22(18(4)25-23(31)19-10-6-16(2)7-11-19)27-28-24(29)32-15-21(30)26-20-12-8-17(3)9-13-20/h5-13,18H,1,14-15H2,2-4H3,(H,25,31)(H,26,30)/t18-/m0/s1. The minimum atomic E-state index is -0.369. The van der Waals surface area contributed by atoms with Crippen LogP contribution in [0.1, 0.15) is 40.3 Å². The van der Waals surface area contributed by atoms with Gasteiger partial charge in [0.1, 0.15) is 0 Å². The molecule has 0 aliphatic heterocycles. The summed E-state index contributed by atoms with van der Waals surface area (Å²) in [6.45, 7) is 10.1. The molecule has 2 aromatic carbocycles. The molecule has 3 aromatic rings. The van der Waals surface area contributed by atoms with Gasteiger partial charge in [0, 0.05) is 17.8 Å². The lowest BCUT2D eigenvalue weighted by atomic mass is 10.1. The van der Waals surface area contributed by atoms with Crippen LogP contribution in [0.3, 0.4) is 0 Å². The molecule has 7 nitrogen and oxygen atoms in total. The third-order valence-electron chi connectivity index (χ3n) is 4.77. The van der Waals surface area contributed by atoms with E-state index in [4.69, 9.17) is 0 Å². The molecule has 2 N–H and O–H groups in total. The highest BCUT2D eigenvalue weighted by atomic mass is 32.2. The Labute approximate surface area is 192 Å². The zero-order chi connectivity index (χ0) is 23.1. The predicted molar refractivity (Wildman–Crippen MR) is 128 cm³/mol.